The number of ether oxygens (including phenoxy) is 2. The molecule has 0 saturated carbocycles. The number of amides is 1. The highest BCUT2D eigenvalue weighted by Gasteiger charge is 2.21. The van der Waals surface area contributed by atoms with Crippen LogP contribution in [-0.4, -0.2) is 28.2 Å². The summed E-state index contributed by atoms with van der Waals surface area (Å²) in [6.07, 6.45) is 1.43. The zero-order valence-electron chi connectivity index (χ0n) is 16.1. The first-order valence-electron chi connectivity index (χ1n) is 9.01. The minimum absolute atomic E-state index is 0.0275. The van der Waals surface area contributed by atoms with Crippen molar-refractivity contribution in [3.63, 3.8) is 0 Å². The summed E-state index contributed by atoms with van der Waals surface area (Å²) in [6.45, 7) is 0.0275. The molecule has 0 atom stereocenters. The zero-order valence-corrected chi connectivity index (χ0v) is 18.2. The molecule has 10 heteroatoms. The highest BCUT2D eigenvalue weighted by molar-refractivity contribution is 14.1. The van der Waals surface area contributed by atoms with Crippen LogP contribution >= 0.6 is 22.6 Å². The van der Waals surface area contributed by atoms with Crippen LogP contribution in [0.3, 0.4) is 0 Å². The molecule has 31 heavy (non-hydrogen) atoms. The van der Waals surface area contributed by atoms with Crippen LogP contribution in [0.5, 0.6) is 11.6 Å². The summed E-state index contributed by atoms with van der Waals surface area (Å²) >= 11 is 1.88. The maximum atomic E-state index is 15.1. The van der Waals surface area contributed by atoms with Crippen LogP contribution in [-0.2, 0) is 6.61 Å². The second-order valence-electron chi connectivity index (χ2n) is 6.46. The number of carbonyl (C=O) groups is 1. The first kappa shape index (κ1) is 21.0. The number of benzene rings is 2. The monoisotopic (exact) mass is 536 g/mol. The fourth-order valence-corrected chi connectivity index (χ4v) is 3.55. The molecule has 158 valence electrons. The molecule has 0 aliphatic carbocycles. The van der Waals surface area contributed by atoms with Crippen LogP contribution in [0.15, 0.2) is 48.7 Å². The number of carbonyl (C=O) groups excluding carboxylic acids is 1. The van der Waals surface area contributed by atoms with Gasteiger partial charge in [-0.25, -0.2) is 13.8 Å². The minimum atomic E-state index is -0.790. The van der Waals surface area contributed by atoms with Crippen LogP contribution < -0.4 is 14.8 Å². The average Bonchev–Trinajstić information content (AvgIpc) is 3.17. The molecule has 2 N–H and O–H groups in total. The van der Waals surface area contributed by atoms with Crippen molar-refractivity contribution < 1.29 is 23.0 Å². The molecule has 2 heterocycles. The molecule has 4 rings (SSSR count). The van der Waals surface area contributed by atoms with Crippen molar-refractivity contribution in [2.75, 3.05) is 12.4 Å². The van der Waals surface area contributed by atoms with E-state index in [0.717, 1.165) is 0 Å². The maximum Gasteiger partial charge on any atom is 0.259 e. The van der Waals surface area contributed by atoms with Crippen molar-refractivity contribution >= 4 is 45.2 Å². The lowest BCUT2D eigenvalue weighted by atomic mass is 10.1. The Labute approximate surface area is 188 Å². The Hall–Kier alpha value is -3.28. The number of aromatic nitrogens is 3. The van der Waals surface area contributed by atoms with Crippen molar-refractivity contribution in [2.45, 2.75) is 6.61 Å². The van der Waals surface area contributed by atoms with Crippen molar-refractivity contribution in [3.8, 4) is 11.6 Å². The van der Waals surface area contributed by atoms with E-state index in [9.17, 15) is 9.18 Å². The number of methoxy groups -OCH3 is 1. The number of anilines is 1. The average molecular weight is 536 g/mol. The van der Waals surface area contributed by atoms with E-state index in [1.807, 2.05) is 22.6 Å². The number of hydrogen-bond acceptors (Lipinski definition) is 5. The number of nitrogens with one attached hydrogen (secondary N) is 2. The summed E-state index contributed by atoms with van der Waals surface area (Å²) in [6, 6.07) is 10.3. The number of aromatic amines is 1. The maximum absolute atomic E-state index is 15.1. The summed E-state index contributed by atoms with van der Waals surface area (Å²) in [7, 11) is 1.47. The Morgan fingerprint density at radius 2 is 1.97 bits per heavy atom. The van der Waals surface area contributed by atoms with Crippen molar-refractivity contribution in [1.29, 1.82) is 0 Å². The lowest BCUT2D eigenvalue weighted by Gasteiger charge is -2.12. The van der Waals surface area contributed by atoms with E-state index in [1.54, 1.807) is 24.3 Å². The molecule has 0 fully saturated rings. The largest absolute Gasteiger partial charge is 0.486 e. The molecule has 0 spiro atoms. The van der Waals surface area contributed by atoms with E-state index in [4.69, 9.17) is 9.47 Å². The third-order valence-electron chi connectivity index (χ3n) is 4.42. The van der Waals surface area contributed by atoms with Crippen LogP contribution in [0.25, 0.3) is 11.0 Å². The second-order valence-corrected chi connectivity index (χ2v) is 7.62. The van der Waals surface area contributed by atoms with Gasteiger partial charge in [0.15, 0.2) is 17.2 Å². The first-order valence-corrected chi connectivity index (χ1v) is 10.1. The lowest BCUT2D eigenvalue weighted by Crippen LogP contribution is -2.16. The number of pyridine rings is 1. The predicted octanol–water partition coefficient (Wildman–Crippen LogP) is 4.68. The van der Waals surface area contributed by atoms with Crippen molar-refractivity contribution in [3.05, 3.63) is 75.0 Å². The number of halogens is 3. The summed E-state index contributed by atoms with van der Waals surface area (Å²) in [5.41, 5.74) is 1.35. The van der Waals surface area contributed by atoms with Crippen LogP contribution in [0.1, 0.15) is 15.9 Å². The molecule has 2 aromatic carbocycles. The molecule has 2 aromatic heterocycles. The Morgan fingerprint density at radius 3 is 2.71 bits per heavy atom. The number of nitrogens with zero attached hydrogens (tertiary/aromatic N) is 2. The van der Waals surface area contributed by atoms with E-state index in [1.165, 1.54) is 31.5 Å². The van der Waals surface area contributed by atoms with E-state index in [0.29, 0.717) is 31.7 Å². The Balaban J connectivity index is 1.56. The highest BCUT2D eigenvalue weighted by Crippen LogP contribution is 2.28. The molecule has 0 aliphatic heterocycles. The van der Waals surface area contributed by atoms with Gasteiger partial charge in [0, 0.05) is 3.57 Å². The van der Waals surface area contributed by atoms with Crippen LogP contribution in [0.2, 0.25) is 0 Å². The summed E-state index contributed by atoms with van der Waals surface area (Å²) in [5.74, 6) is -1.57. The van der Waals surface area contributed by atoms with Crippen LogP contribution in [0.4, 0.5) is 14.5 Å². The van der Waals surface area contributed by atoms with Gasteiger partial charge < -0.3 is 14.8 Å². The number of H-pyrrole nitrogens is 1. The van der Waals surface area contributed by atoms with Gasteiger partial charge in [-0.3, -0.25) is 9.89 Å². The lowest BCUT2D eigenvalue weighted by molar-refractivity contribution is 0.102. The van der Waals surface area contributed by atoms with Gasteiger partial charge in [-0.05, 0) is 58.5 Å². The van der Waals surface area contributed by atoms with Gasteiger partial charge in [-0.1, -0.05) is 12.1 Å². The van der Waals surface area contributed by atoms with Gasteiger partial charge in [-0.15, -0.1) is 5.10 Å². The third kappa shape index (κ3) is 4.43. The minimum Gasteiger partial charge on any atom is -0.486 e. The summed E-state index contributed by atoms with van der Waals surface area (Å²) < 4.78 is 39.2. The van der Waals surface area contributed by atoms with E-state index >= 15 is 4.39 Å². The van der Waals surface area contributed by atoms with Crippen molar-refractivity contribution in [2.24, 2.45) is 0 Å². The van der Waals surface area contributed by atoms with Gasteiger partial charge in [0.25, 0.3) is 5.91 Å². The Kier molecular flexibility index (Phi) is 5.98. The zero-order chi connectivity index (χ0) is 22.0. The van der Waals surface area contributed by atoms with Crippen LogP contribution in [0, 0.1) is 15.2 Å². The molecule has 7 nitrogen and oxygen atoms in total. The van der Waals surface area contributed by atoms with E-state index < -0.39 is 11.7 Å². The Bertz CT molecular complexity index is 1260. The molecule has 0 saturated heterocycles. The fourth-order valence-electron chi connectivity index (χ4n) is 2.89. The topological polar surface area (TPSA) is 89.1 Å². The molecular weight excluding hydrogens is 521 g/mol. The molecule has 4 aromatic rings. The summed E-state index contributed by atoms with van der Waals surface area (Å²) in [5, 5.41) is 9.89. The first-order chi connectivity index (χ1) is 15.0. The smallest absolute Gasteiger partial charge is 0.259 e. The summed E-state index contributed by atoms with van der Waals surface area (Å²) in [4.78, 5) is 17.0. The van der Waals surface area contributed by atoms with Gasteiger partial charge in [-0.2, -0.15) is 0 Å². The molecule has 0 unspecified atom stereocenters. The molecule has 0 radical (unpaired) electrons. The predicted molar refractivity (Wildman–Crippen MR) is 118 cm³/mol. The van der Waals surface area contributed by atoms with Gasteiger partial charge in [0.05, 0.1) is 29.9 Å². The fraction of sp³-hybridized carbons (Fsp3) is 0.0952. The Morgan fingerprint density at radius 1 is 1.19 bits per heavy atom. The van der Waals surface area contributed by atoms with E-state index in [-0.39, 0.29) is 23.7 Å². The molecule has 0 bridgehead atoms. The molecule has 1 amide bonds. The van der Waals surface area contributed by atoms with Gasteiger partial charge in [0.2, 0.25) is 5.88 Å². The highest BCUT2D eigenvalue weighted by atomic mass is 127. The third-order valence-corrected chi connectivity index (χ3v) is 5.32. The normalized spacial score (nSPS) is 10.8. The number of rotatable bonds is 6. The quantitative estimate of drug-likeness (QED) is 0.350. The van der Waals surface area contributed by atoms with E-state index in [2.05, 4.69) is 20.5 Å². The second kappa shape index (κ2) is 8.84. The molecular formula is C21H15F2IN4O3. The SMILES string of the molecule is COc1n[nH]c2ncc(NC(=O)c3c(I)ccc(OCc4ccc(F)cc4)c3F)cc12. The number of fused-ring (bicyclic) bond motifs is 1. The number of hydrogen-bond donors (Lipinski definition) is 2. The van der Waals surface area contributed by atoms with Gasteiger partial charge in [0.1, 0.15) is 12.4 Å². The molecule has 0 aliphatic rings. The van der Waals surface area contributed by atoms with Gasteiger partial charge >= 0.3 is 0 Å². The standard InChI is InChI=1S/C21H15F2IN4O3/c1-30-21-14-8-13(9-25-19(14)27-28-21)26-20(29)17-15(24)6-7-16(18(17)23)31-10-11-2-4-12(22)5-3-11/h2-9H,10H2,1H3,(H,26,29)(H,25,27,28). The van der Waals surface area contributed by atoms with Crippen molar-refractivity contribution in [1.82, 2.24) is 15.2 Å².